The van der Waals surface area contributed by atoms with Crippen molar-refractivity contribution in [3.05, 3.63) is 34.2 Å². The van der Waals surface area contributed by atoms with E-state index in [0.717, 1.165) is 25.7 Å². The van der Waals surface area contributed by atoms with Gasteiger partial charge in [-0.15, -0.1) is 0 Å². The first-order valence-electron chi connectivity index (χ1n) is 11.3. The molecule has 2 aliphatic rings. The molecule has 2 aromatic heterocycles. The smallest absolute Gasteiger partial charge is 0.268 e. The molecule has 0 aromatic carbocycles. The maximum Gasteiger partial charge on any atom is 0.268 e. The molecular weight excluding hydrogens is 399 g/mol. The SMILES string of the molecule is CC1CCC(NC(=O)c2c(O)c3cccnc3n(CCN3CCC(F)CC3)c2=O)CC1. The Kier molecular flexibility index (Phi) is 6.55. The highest BCUT2D eigenvalue weighted by Gasteiger charge is 2.27. The Labute approximate surface area is 181 Å². The molecule has 0 bridgehead atoms. The molecule has 2 aromatic rings. The second kappa shape index (κ2) is 9.34. The van der Waals surface area contributed by atoms with Gasteiger partial charge in [-0.1, -0.05) is 6.92 Å². The second-order valence-electron chi connectivity index (χ2n) is 9.00. The molecule has 1 aliphatic heterocycles. The highest BCUT2D eigenvalue weighted by molar-refractivity contribution is 6.01. The highest BCUT2D eigenvalue weighted by atomic mass is 19.1. The number of hydrogen-bond acceptors (Lipinski definition) is 5. The molecule has 0 unspecified atom stereocenters. The van der Waals surface area contributed by atoms with Crippen molar-refractivity contribution in [3.63, 3.8) is 0 Å². The molecule has 0 radical (unpaired) electrons. The fraction of sp³-hybridized carbons (Fsp3) is 0.609. The predicted octanol–water partition coefficient (Wildman–Crippen LogP) is 2.84. The third kappa shape index (κ3) is 4.74. The van der Waals surface area contributed by atoms with E-state index in [2.05, 4.69) is 22.1 Å². The molecule has 168 valence electrons. The average molecular weight is 431 g/mol. The molecular formula is C23H31FN4O3. The lowest BCUT2D eigenvalue weighted by atomic mass is 9.87. The van der Waals surface area contributed by atoms with Crippen molar-refractivity contribution in [3.8, 4) is 5.75 Å². The van der Waals surface area contributed by atoms with Crippen LogP contribution in [0.5, 0.6) is 5.75 Å². The lowest BCUT2D eigenvalue weighted by molar-refractivity contribution is 0.0918. The van der Waals surface area contributed by atoms with Crippen LogP contribution in [0, 0.1) is 5.92 Å². The lowest BCUT2D eigenvalue weighted by Gasteiger charge is -2.29. The quantitative estimate of drug-likeness (QED) is 0.762. The Hall–Kier alpha value is -2.48. The number of nitrogens with one attached hydrogen (secondary N) is 1. The number of aromatic hydroxyl groups is 1. The van der Waals surface area contributed by atoms with E-state index in [1.165, 1.54) is 4.57 Å². The van der Waals surface area contributed by atoms with Crippen LogP contribution in [0.4, 0.5) is 4.39 Å². The van der Waals surface area contributed by atoms with Gasteiger partial charge in [-0.3, -0.25) is 14.2 Å². The first kappa shape index (κ1) is 21.7. The number of fused-ring (bicyclic) bond motifs is 1. The summed E-state index contributed by atoms with van der Waals surface area (Å²) in [6.45, 7) is 4.38. The van der Waals surface area contributed by atoms with E-state index in [-0.39, 0.29) is 17.4 Å². The highest BCUT2D eigenvalue weighted by Crippen LogP contribution is 2.27. The largest absolute Gasteiger partial charge is 0.506 e. The molecule has 1 amide bonds. The third-order valence-electron chi connectivity index (χ3n) is 6.73. The minimum Gasteiger partial charge on any atom is -0.506 e. The first-order chi connectivity index (χ1) is 14.9. The number of amides is 1. The number of piperidine rings is 1. The molecule has 1 aliphatic carbocycles. The zero-order valence-electron chi connectivity index (χ0n) is 18.0. The summed E-state index contributed by atoms with van der Waals surface area (Å²) in [6, 6.07) is 3.36. The minimum absolute atomic E-state index is 0.0162. The van der Waals surface area contributed by atoms with Crippen LogP contribution >= 0.6 is 0 Å². The van der Waals surface area contributed by atoms with E-state index < -0.39 is 17.6 Å². The number of halogens is 1. The van der Waals surface area contributed by atoms with Gasteiger partial charge in [0.1, 0.15) is 23.1 Å². The Balaban J connectivity index is 1.61. The third-order valence-corrected chi connectivity index (χ3v) is 6.73. The summed E-state index contributed by atoms with van der Waals surface area (Å²) < 4.78 is 14.9. The van der Waals surface area contributed by atoms with Crippen LogP contribution in [0.15, 0.2) is 23.1 Å². The Morgan fingerprint density at radius 3 is 2.61 bits per heavy atom. The zero-order chi connectivity index (χ0) is 22.0. The van der Waals surface area contributed by atoms with E-state index in [1.54, 1.807) is 18.3 Å². The van der Waals surface area contributed by atoms with E-state index >= 15 is 0 Å². The normalized spacial score (nSPS) is 23.2. The molecule has 3 heterocycles. The number of hydrogen-bond donors (Lipinski definition) is 2. The van der Waals surface area contributed by atoms with Crippen molar-refractivity contribution in [1.82, 2.24) is 19.8 Å². The molecule has 31 heavy (non-hydrogen) atoms. The molecule has 0 spiro atoms. The van der Waals surface area contributed by atoms with E-state index in [4.69, 9.17) is 0 Å². The average Bonchev–Trinajstić information content (AvgIpc) is 2.76. The molecule has 8 heteroatoms. The number of rotatable bonds is 5. The summed E-state index contributed by atoms with van der Waals surface area (Å²) >= 11 is 0. The summed E-state index contributed by atoms with van der Waals surface area (Å²) in [7, 11) is 0. The van der Waals surface area contributed by atoms with Crippen LogP contribution in [0.25, 0.3) is 11.0 Å². The summed E-state index contributed by atoms with van der Waals surface area (Å²) in [5.74, 6) is -0.197. The predicted molar refractivity (Wildman–Crippen MR) is 117 cm³/mol. The first-order valence-corrected chi connectivity index (χ1v) is 11.3. The topological polar surface area (TPSA) is 87.5 Å². The van der Waals surface area contributed by atoms with Gasteiger partial charge in [-0.25, -0.2) is 9.37 Å². The van der Waals surface area contributed by atoms with Crippen molar-refractivity contribution in [2.24, 2.45) is 5.92 Å². The van der Waals surface area contributed by atoms with Crippen molar-refractivity contribution in [1.29, 1.82) is 0 Å². The number of alkyl halides is 1. The Morgan fingerprint density at radius 2 is 1.90 bits per heavy atom. The maximum absolute atomic E-state index is 13.4. The van der Waals surface area contributed by atoms with Crippen LogP contribution in [0.2, 0.25) is 0 Å². The molecule has 1 saturated heterocycles. The van der Waals surface area contributed by atoms with Crippen molar-refractivity contribution in [2.45, 2.75) is 64.2 Å². The fourth-order valence-electron chi connectivity index (χ4n) is 4.70. The van der Waals surface area contributed by atoms with Crippen molar-refractivity contribution >= 4 is 16.9 Å². The van der Waals surface area contributed by atoms with E-state index in [9.17, 15) is 19.1 Å². The van der Waals surface area contributed by atoms with Gasteiger partial charge in [0, 0.05) is 38.4 Å². The number of pyridine rings is 2. The van der Waals surface area contributed by atoms with Crippen molar-refractivity contribution in [2.75, 3.05) is 19.6 Å². The number of carbonyl (C=O) groups excluding carboxylic acids is 1. The zero-order valence-corrected chi connectivity index (χ0v) is 18.0. The fourth-order valence-corrected chi connectivity index (χ4v) is 4.70. The molecule has 1 saturated carbocycles. The van der Waals surface area contributed by atoms with Gasteiger partial charge in [-0.2, -0.15) is 0 Å². The summed E-state index contributed by atoms with van der Waals surface area (Å²) in [5, 5.41) is 14.1. The lowest BCUT2D eigenvalue weighted by Crippen LogP contribution is -2.42. The summed E-state index contributed by atoms with van der Waals surface area (Å²) in [6.07, 6.45) is 5.64. The van der Waals surface area contributed by atoms with Gasteiger partial charge < -0.3 is 15.3 Å². The van der Waals surface area contributed by atoms with Gasteiger partial charge in [0.05, 0.1) is 5.39 Å². The van der Waals surface area contributed by atoms with Crippen LogP contribution in [-0.4, -0.2) is 57.3 Å². The standard InChI is InChI=1S/C23H31FN4O3/c1-15-4-6-17(7-5-15)26-22(30)19-20(29)18-3-2-10-25-21(18)28(23(19)31)14-13-27-11-8-16(24)9-12-27/h2-3,10,15-17,29H,4-9,11-14H2,1H3,(H,26,30). The van der Waals surface area contributed by atoms with Gasteiger partial charge in [0.25, 0.3) is 11.5 Å². The number of aromatic nitrogens is 2. The number of carbonyl (C=O) groups is 1. The molecule has 2 N–H and O–H groups in total. The Bertz CT molecular complexity index is 992. The van der Waals surface area contributed by atoms with Crippen molar-refractivity contribution < 1.29 is 14.3 Å². The van der Waals surface area contributed by atoms with Gasteiger partial charge >= 0.3 is 0 Å². The van der Waals surface area contributed by atoms with Gasteiger partial charge in [-0.05, 0) is 56.6 Å². The van der Waals surface area contributed by atoms with E-state index in [0.29, 0.717) is 56.0 Å². The molecule has 0 atom stereocenters. The molecule has 4 rings (SSSR count). The van der Waals surface area contributed by atoms with Crippen LogP contribution < -0.4 is 10.9 Å². The van der Waals surface area contributed by atoms with Crippen LogP contribution in [0.1, 0.15) is 55.8 Å². The summed E-state index contributed by atoms with van der Waals surface area (Å²) in [4.78, 5) is 32.7. The number of likely N-dealkylation sites (tertiary alicyclic amines) is 1. The van der Waals surface area contributed by atoms with Crippen LogP contribution in [-0.2, 0) is 6.54 Å². The van der Waals surface area contributed by atoms with E-state index in [1.807, 2.05) is 0 Å². The maximum atomic E-state index is 13.4. The van der Waals surface area contributed by atoms with Gasteiger partial charge in [0.2, 0.25) is 0 Å². The van der Waals surface area contributed by atoms with Crippen LogP contribution in [0.3, 0.4) is 0 Å². The summed E-state index contributed by atoms with van der Waals surface area (Å²) in [5.41, 5.74) is -0.402. The molecule has 7 nitrogen and oxygen atoms in total. The molecule has 2 fully saturated rings. The minimum atomic E-state index is -0.756. The second-order valence-corrected chi connectivity index (χ2v) is 9.00. The van der Waals surface area contributed by atoms with Gasteiger partial charge in [0.15, 0.2) is 0 Å². The number of nitrogens with zero attached hydrogens (tertiary/aromatic N) is 3. The monoisotopic (exact) mass is 430 g/mol. The Morgan fingerprint density at radius 1 is 1.19 bits per heavy atom.